The standard InChI is InChI=1S/C25H33N6O8P/c1-5-36-23(34)24(2,3)30-40(35,39-16-9-7-6-8-10-16)37-13-18-20(32)21(33)25(38-18,14-27-4)19-12-11-17-22(26)28-15-29-31(17)19/h6-12,15,18,20-21,32-33H,4-5,13-14H2,1-3H3,(H,30,35)(H2,26,28,29)/t18-,20-,21-,25+,40?/m1/s1. The van der Waals surface area contributed by atoms with Crippen molar-refractivity contribution in [3.63, 3.8) is 0 Å². The van der Waals surface area contributed by atoms with E-state index in [1.807, 2.05) is 0 Å². The lowest BCUT2D eigenvalue weighted by molar-refractivity contribution is -0.149. The van der Waals surface area contributed by atoms with Gasteiger partial charge in [-0.15, -0.1) is 0 Å². The monoisotopic (exact) mass is 576 g/mol. The highest BCUT2D eigenvalue weighted by Gasteiger charge is 2.57. The van der Waals surface area contributed by atoms with E-state index in [0.717, 1.165) is 0 Å². The number of carbonyl (C=O) groups is 1. The minimum Gasteiger partial charge on any atom is -0.465 e. The molecule has 5 atom stereocenters. The Hall–Kier alpha value is -3.39. The Balaban J connectivity index is 1.62. The highest BCUT2D eigenvalue weighted by Crippen LogP contribution is 2.48. The number of aliphatic hydroxyl groups is 2. The average molecular weight is 577 g/mol. The number of rotatable bonds is 12. The molecule has 14 nitrogen and oxygen atoms in total. The Morgan fingerprint density at radius 3 is 2.70 bits per heavy atom. The van der Waals surface area contributed by atoms with E-state index >= 15 is 0 Å². The van der Waals surface area contributed by atoms with Gasteiger partial charge < -0.3 is 29.9 Å². The van der Waals surface area contributed by atoms with Gasteiger partial charge in [0, 0.05) is 0 Å². The number of carbonyl (C=O) groups excluding carboxylic acids is 1. The number of nitrogens with one attached hydrogen (secondary N) is 1. The van der Waals surface area contributed by atoms with Gasteiger partial charge >= 0.3 is 13.7 Å². The first-order valence-corrected chi connectivity index (χ1v) is 14.0. The molecule has 3 heterocycles. The SMILES string of the molecule is C=NC[C@@]1(c2ccc3c(N)ncnn23)O[C@H](COP(=O)(NC(C)(C)C(=O)OCC)Oc2ccccc2)[C@@H](O)[C@H]1O. The molecule has 1 aliphatic heterocycles. The zero-order valence-corrected chi connectivity index (χ0v) is 23.2. The van der Waals surface area contributed by atoms with Crippen LogP contribution in [0.4, 0.5) is 5.82 Å². The third kappa shape index (κ3) is 5.73. The third-order valence-electron chi connectivity index (χ3n) is 6.39. The molecule has 216 valence electrons. The normalized spacial score (nSPS) is 24.5. The van der Waals surface area contributed by atoms with E-state index < -0.39 is 49.8 Å². The van der Waals surface area contributed by atoms with Gasteiger partial charge in [-0.3, -0.25) is 14.3 Å². The molecule has 15 heteroatoms. The zero-order chi connectivity index (χ0) is 29.1. The fourth-order valence-corrected chi connectivity index (χ4v) is 6.14. The number of aromatic nitrogens is 3. The molecule has 1 aliphatic rings. The lowest BCUT2D eigenvalue weighted by Crippen LogP contribution is -2.47. The molecule has 0 radical (unpaired) electrons. The number of para-hydroxylation sites is 1. The number of aliphatic imine (C=N–C) groups is 1. The summed E-state index contributed by atoms with van der Waals surface area (Å²) in [6.07, 6.45) is -2.98. The highest BCUT2D eigenvalue weighted by atomic mass is 31.2. The summed E-state index contributed by atoms with van der Waals surface area (Å²) >= 11 is 0. The minimum absolute atomic E-state index is 0.110. The second-order valence-corrected chi connectivity index (χ2v) is 11.3. The predicted octanol–water partition coefficient (Wildman–Crippen LogP) is 1.46. The average Bonchev–Trinajstić information content (AvgIpc) is 3.45. The van der Waals surface area contributed by atoms with Crippen molar-refractivity contribution in [3.05, 3.63) is 54.5 Å². The van der Waals surface area contributed by atoms with Gasteiger partial charge in [0.1, 0.15) is 41.4 Å². The summed E-state index contributed by atoms with van der Waals surface area (Å²) in [4.78, 5) is 20.4. The maximum Gasteiger partial charge on any atom is 0.459 e. The van der Waals surface area contributed by atoms with E-state index in [2.05, 4.69) is 26.9 Å². The lowest BCUT2D eigenvalue weighted by atomic mass is 9.91. The Kier molecular flexibility index (Phi) is 8.59. The molecule has 0 bridgehead atoms. The number of ether oxygens (including phenoxy) is 2. The maximum absolute atomic E-state index is 14.0. The quantitative estimate of drug-likeness (QED) is 0.138. The summed E-state index contributed by atoms with van der Waals surface area (Å²) < 4.78 is 38.1. The van der Waals surface area contributed by atoms with Gasteiger partial charge in [-0.2, -0.15) is 10.2 Å². The smallest absolute Gasteiger partial charge is 0.459 e. The molecule has 3 aromatic rings. The second kappa shape index (κ2) is 11.6. The van der Waals surface area contributed by atoms with Crippen LogP contribution in [0, 0.1) is 0 Å². The zero-order valence-electron chi connectivity index (χ0n) is 22.3. The number of benzene rings is 1. The van der Waals surface area contributed by atoms with Crippen molar-refractivity contribution < 1.29 is 38.1 Å². The fraction of sp³-hybridized carbons (Fsp3) is 0.440. The first-order chi connectivity index (χ1) is 19.0. The van der Waals surface area contributed by atoms with Gasteiger partial charge in [0.2, 0.25) is 0 Å². The van der Waals surface area contributed by atoms with Crippen molar-refractivity contribution in [2.24, 2.45) is 4.99 Å². The number of aliphatic hydroxyl groups excluding tert-OH is 2. The van der Waals surface area contributed by atoms with Crippen LogP contribution in [0.1, 0.15) is 26.5 Å². The Labute approximate surface area is 230 Å². The van der Waals surface area contributed by atoms with Crippen molar-refractivity contribution in [1.82, 2.24) is 19.7 Å². The van der Waals surface area contributed by atoms with Gasteiger partial charge in [-0.25, -0.2) is 14.1 Å². The van der Waals surface area contributed by atoms with Crippen molar-refractivity contribution in [3.8, 4) is 5.75 Å². The molecule has 0 saturated carbocycles. The number of nitrogens with two attached hydrogens (primary N) is 1. The summed E-state index contributed by atoms with van der Waals surface area (Å²) in [5, 5.41) is 29.1. The molecule has 1 saturated heterocycles. The molecule has 0 amide bonds. The number of esters is 1. The van der Waals surface area contributed by atoms with E-state index in [-0.39, 0.29) is 24.7 Å². The van der Waals surface area contributed by atoms with Crippen molar-refractivity contribution in [1.29, 1.82) is 0 Å². The first-order valence-electron chi connectivity index (χ1n) is 12.5. The minimum atomic E-state index is -4.30. The summed E-state index contributed by atoms with van der Waals surface area (Å²) in [7, 11) is -4.30. The maximum atomic E-state index is 14.0. The summed E-state index contributed by atoms with van der Waals surface area (Å²) in [5.41, 5.74) is 3.67. The Bertz CT molecular complexity index is 1400. The van der Waals surface area contributed by atoms with Gasteiger partial charge in [0.25, 0.3) is 0 Å². The topological polar surface area (TPSA) is 192 Å². The van der Waals surface area contributed by atoms with Gasteiger partial charge in [0.05, 0.1) is 25.5 Å². The molecule has 0 spiro atoms. The highest BCUT2D eigenvalue weighted by molar-refractivity contribution is 7.52. The predicted molar refractivity (Wildman–Crippen MR) is 145 cm³/mol. The molecule has 0 aliphatic carbocycles. The molecule has 1 unspecified atom stereocenters. The Morgan fingerprint density at radius 2 is 2.02 bits per heavy atom. The van der Waals surface area contributed by atoms with Crippen LogP contribution in [-0.2, 0) is 29.0 Å². The van der Waals surface area contributed by atoms with Crippen molar-refractivity contribution in [2.45, 2.75) is 50.2 Å². The Morgan fingerprint density at radius 1 is 1.30 bits per heavy atom. The van der Waals surface area contributed by atoms with E-state index in [1.54, 1.807) is 49.4 Å². The fourth-order valence-electron chi connectivity index (χ4n) is 4.46. The number of hydrogen-bond acceptors (Lipinski definition) is 12. The van der Waals surface area contributed by atoms with Crippen LogP contribution in [0.3, 0.4) is 0 Å². The van der Waals surface area contributed by atoms with Crippen LogP contribution >= 0.6 is 7.75 Å². The molecule has 1 aromatic carbocycles. The van der Waals surface area contributed by atoms with Crippen LogP contribution in [0.5, 0.6) is 5.75 Å². The molecule has 2 aromatic heterocycles. The van der Waals surface area contributed by atoms with E-state index in [4.69, 9.17) is 24.3 Å². The van der Waals surface area contributed by atoms with Gasteiger partial charge in [0.15, 0.2) is 11.4 Å². The van der Waals surface area contributed by atoms with Crippen molar-refractivity contribution >= 4 is 31.8 Å². The van der Waals surface area contributed by atoms with Crippen molar-refractivity contribution in [2.75, 3.05) is 25.5 Å². The number of anilines is 1. The van der Waals surface area contributed by atoms with E-state index in [1.165, 1.54) is 24.7 Å². The lowest BCUT2D eigenvalue weighted by Gasteiger charge is -2.31. The van der Waals surface area contributed by atoms with Crippen LogP contribution in [0.15, 0.2) is 53.8 Å². The second-order valence-electron chi connectivity index (χ2n) is 9.68. The van der Waals surface area contributed by atoms with E-state index in [0.29, 0.717) is 11.2 Å². The van der Waals surface area contributed by atoms with Crippen LogP contribution < -0.4 is 15.3 Å². The van der Waals surface area contributed by atoms with Gasteiger partial charge in [-0.05, 0) is 51.8 Å². The van der Waals surface area contributed by atoms with Crippen LogP contribution in [-0.4, -0.2) is 81.1 Å². The molecular weight excluding hydrogens is 543 g/mol. The molecule has 1 fully saturated rings. The summed E-state index contributed by atoms with van der Waals surface area (Å²) in [5.74, 6) is -0.279. The van der Waals surface area contributed by atoms with Crippen LogP contribution in [0.25, 0.3) is 5.52 Å². The van der Waals surface area contributed by atoms with Gasteiger partial charge in [-0.1, -0.05) is 18.2 Å². The number of hydrogen-bond donors (Lipinski definition) is 4. The molecule has 40 heavy (non-hydrogen) atoms. The first kappa shape index (κ1) is 29.6. The summed E-state index contributed by atoms with van der Waals surface area (Å²) in [6, 6.07) is 11.5. The number of nitrogens with zero attached hydrogens (tertiary/aromatic N) is 4. The summed E-state index contributed by atoms with van der Waals surface area (Å²) in [6.45, 7) is 7.54. The molecule has 4 rings (SSSR count). The number of nitrogen functional groups attached to an aromatic ring is 1. The molecular formula is C25H33N6O8P. The third-order valence-corrected chi connectivity index (χ3v) is 8.16. The largest absolute Gasteiger partial charge is 0.465 e. The number of fused-ring (bicyclic) bond motifs is 1. The van der Waals surface area contributed by atoms with Crippen LogP contribution in [0.2, 0.25) is 0 Å². The molecule has 5 N–H and O–H groups in total. The van der Waals surface area contributed by atoms with E-state index in [9.17, 15) is 19.6 Å².